The molecule has 20 heavy (non-hydrogen) atoms. The lowest BCUT2D eigenvalue weighted by molar-refractivity contribution is 0.365. The minimum Gasteiger partial charge on any atom is -0.494 e. The number of methoxy groups -OCH3 is 1. The zero-order chi connectivity index (χ0) is 14.9. The molecule has 0 aliphatic carbocycles. The molecule has 1 aromatic heterocycles. The normalized spacial score (nSPS) is 13.2. The van der Waals surface area contributed by atoms with E-state index < -0.39 is 5.82 Å². The average Bonchev–Trinajstić information content (AvgIpc) is 2.74. The van der Waals surface area contributed by atoms with E-state index in [1.165, 1.54) is 13.2 Å². The number of alkyl halides is 1. The number of rotatable bonds is 5. The molecule has 0 aliphatic rings. The summed E-state index contributed by atoms with van der Waals surface area (Å²) in [5, 5.41) is 0. The Hall–Kier alpha value is -1.29. The highest BCUT2D eigenvalue weighted by atomic mass is 35.5. The number of nitrogens with zero attached hydrogens (tertiary/aromatic N) is 2. The van der Waals surface area contributed by atoms with Crippen LogP contribution in [-0.4, -0.2) is 16.7 Å². The number of benzene rings is 1. The van der Waals surface area contributed by atoms with Gasteiger partial charge in [-0.05, 0) is 11.8 Å². The molecule has 1 unspecified atom stereocenters. The maximum absolute atomic E-state index is 13.7. The van der Waals surface area contributed by atoms with Gasteiger partial charge in [0.2, 0.25) is 0 Å². The van der Waals surface area contributed by atoms with Crippen LogP contribution in [-0.2, 0) is 12.4 Å². The standard InChI is InChI=1S/C15H20ClFN2O/c1-9(2)10(3)8-19-13-6-14(20-4)11(17)5-12(13)18-15(19)7-16/h5-6,9-10H,7-8H2,1-4H3. The van der Waals surface area contributed by atoms with Crippen LogP contribution in [0.5, 0.6) is 5.75 Å². The van der Waals surface area contributed by atoms with E-state index in [0.717, 1.165) is 17.9 Å². The van der Waals surface area contributed by atoms with Crippen molar-refractivity contribution < 1.29 is 9.13 Å². The van der Waals surface area contributed by atoms with Crippen LogP contribution in [0.2, 0.25) is 0 Å². The number of aromatic nitrogens is 2. The first kappa shape index (κ1) is 15.1. The quantitative estimate of drug-likeness (QED) is 0.773. The summed E-state index contributed by atoms with van der Waals surface area (Å²) in [7, 11) is 1.46. The van der Waals surface area contributed by atoms with Gasteiger partial charge in [-0.3, -0.25) is 0 Å². The summed E-state index contributed by atoms with van der Waals surface area (Å²) in [6, 6.07) is 3.10. The molecule has 1 heterocycles. The molecule has 110 valence electrons. The first-order valence-electron chi connectivity index (χ1n) is 6.76. The van der Waals surface area contributed by atoms with E-state index in [9.17, 15) is 4.39 Å². The maximum Gasteiger partial charge on any atom is 0.167 e. The van der Waals surface area contributed by atoms with Crippen molar-refractivity contribution in [3.63, 3.8) is 0 Å². The lowest BCUT2D eigenvalue weighted by Crippen LogP contribution is -2.14. The smallest absolute Gasteiger partial charge is 0.167 e. The molecule has 0 saturated carbocycles. The number of hydrogen-bond acceptors (Lipinski definition) is 2. The van der Waals surface area contributed by atoms with Crippen molar-refractivity contribution in [2.75, 3.05) is 7.11 Å². The fourth-order valence-corrected chi connectivity index (χ4v) is 2.34. The predicted octanol–water partition coefficient (Wildman–Crippen LogP) is 4.21. The Morgan fingerprint density at radius 2 is 2.05 bits per heavy atom. The van der Waals surface area contributed by atoms with Gasteiger partial charge in [-0.15, -0.1) is 11.6 Å². The van der Waals surface area contributed by atoms with Crippen molar-refractivity contribution >= 4 is 22.6 Å². The molecule has 1 atom stereocenters. The van der Waals surface area contributed by atoms with Crippen molar-refractivity contribution in [3.8, 4) is 5.75 Å². The van der Waals surface area contributed by atoms with Crippen LogP contribution in [0.1, 0.15) is 26.6 Å². The fourth-order valence-electron chi connectivity index (χ4n) is 2.14. The van der Waals surface area contributed by atoms with Gasteiger partial charge in [0.1, 0.15) is 5.82 Å². The third kappa shape index (κ3) is 2.75. The summed E-state index contributed by atoms with van der Waals surface area (Å²) < 4.78 is 20.9. The SMILES string of the molecule is COc1cc2c(cc1F)nc(CCl)n2CC(C)C(C)C. The lowest BCUT2D eigenvalue weighted by atomic mass is 9.98. The van der Waals surface area contributed by atoms with Gasteiger partial charge in [-0.1, -0.05) is 20.8 Å². The Labute approximate surface area is 123 Å². The van der Waals surface area contributed by atoms with Crippen LogP contribution in [0.25, 0.3) is 11.0 Å². The second kappa shape index (κ2) is 6.00. The monoisotopic (exact) mass is 298 g/mol. The molecule has 3 nitrogen and oxygen atoms in total. The molecule has 0 aliphatic heterocycles. The minimum absolute atomic E-state index is 0.233. The molecule has 5 heteroatoms. The third-order valence-electron chi connectivity index (χ3n) is 3.83. The zero-order valence-electron chi connectivity index (χ0n) is 12.3. The number of halogens is 2. The van der Waals surface area contributed by atoms with Crippen LogP contribution in [0.3, 0.4) is 0 Å². The van der Waals surface area contributed by atoms with E-state index in [1.54, 1.807) is 6.07 Å². The zero-order valence-corrected chi connectivity index (χ0v) is 13.0. The molecular formula is C15H20ClFN2O. The van der Waals surface area contributed by atoms with Gasteiger partial charge in [0.25, 0.3) is 0 Å². The van der Waals surface area contributed by atoms with Gasteiger partial charge in [0.15, 0.2) is 11.6 Å². The van der Waals surface area contributed by atoms with Crippen LogP contribution in [0.4, 0.5) is 4.39 Å². The van der Waals surface area contributed by atoms with Crippen LogP contribution >= 0.6 is 11.6 Å². The molecular weight excluding hydrogens is 279 g/mol. The van der Waals surface area contributed by atoms with Crippen LogP contribution in [0.15, 0.2) is 12.1 Å². The Bertz CT molecular complexity index is 609. The summed E-state index contributed by atoms with van der Waals surface area (Å²) in [5.74, 6) is 1.94. The fraction of sp³-hybridized carbons (Fsp3) is 0.533. The lowest BCUT2D eigenvalue weighted by Gasteiger charge is -2.18. The summed E-state index contributed by atoms with van der Waals surface area (Å²) in [6.45, 7) is 7.37. The molecule has 0 radical (unpaired) electrons. The van der Waals surface area contributed by atoms with E-state index in [-0.39, 0.29) is 5.75 Å². The van der Waals surface area contributed by atoms with Crippen molar-refractivity contribution in [1.82, 2.24) is 9.55 Å². The van der Waals surface area contributed by atoms with E-state index in [2.05, 4.69) is 30.3 Å². The second-order valence-corrected chi connectivity index (χ2v) is 5.74. The summed E-state index contributed by atoms with van der Waals surface area (Å²) in [4.78, 5) is 4.42. The van der Waals surface area contributed by atoms with E-state index in [4.69, 9.17) is 16.3 Å². The van der Waals surface area contributed by atoms with Gasteiger partial charge in [0, 0.05) is 18.7 Å². The Morgan fingerprint density at radius 3 is 2.60 bits per heavy atom. The molecule has 0 bridgehead atoms. The molecule has 0 N–H and O–H groups in total. The Morgan fingerprint density at radius 1 is 1.35 bits per heavy atom. The summed E-state index contributed by atoms with van der Waals surface area (Å²) in [6.07, 6.45) is 0. The second-order valence-electron chi connectivity index (χ2n) is 5.47. The van der Waals surface area contributed by atoms with E-state index in [1.807, 2.05) is 0 Å². The predicted molar refractivity (Wildman–Crippen MR) is 79.8 cm³/mol. The van der Waals surface area contributed by atoms with Gasteiger partial charge >= 0.3 is 0 Å². The molecule has 2 aromatic rings. The Balaban J connectivity index is 2.55. The largest absolute Gasteiger partial charge is 0.494 e. The molecule has 0 spiro atoms. The molecule has 0 saturated heterocycles. The molecule has 0 amide bonds. The third-order valence-corrected chi connectivity index (χ3v) is 4.07. The number of ether oxygens (including phenoxy) is 1. The van der Waals surface area contributed by atoms with Crippen molar-refractivity contribution in [3.05, 3.63) is 23.8 Å². The first-order chi connectivity index (χ1) is 9.47. The average molecular weight is 299 g/mol. The van der Waals surface area contributed by atoms with Crippen molar-refractivity contribution in [2.45, 2.75) is 33.2 Å². The topological polar surface area (TPSA) is 27.1 Å². The highest BCUT2D eigenvalue weighted by molar-refractivity contribution is 6.16. The summed E-state index contributed by atoms with van der Waals surface area (Å²) in [5.41, 5.74) is 1.49. The Kier molecular flexibility index (Phi) is 4.53. The molecule has 1 aromatic carbocycles. The highest BCUT2D eigenvalue weighted by Gasteiger charge is 2.17. The van der Waals surface area contributed by atoms with Crippen LogP contribution in [0, 0.1) is 17.7 Å². The number of fused-ring (bicyclic) bond motifs is 1. The van der Waals surface area contributed by atoms with Gasteiger partial charge < -0.3 is 9.30 Å². The summed E-state index contributed by atoms with van der Waals surface area (Å²) >= 11 is 5.97. The van der Waals surface area contributed by atoms with Crippen molar-refractivity contribution in [1.29, 1.82) is 0 Å². The van der Waals surface area contributed by atoms with E-state index >= 15 is 0 Å². The van der Waals surface area contributed by atoms with Crippen LogP contribution < -0.4 is 4.74 Å². The van der Waals surface area contributed by atoms with Gasteiger partial charge in [0.05, 0.1) is 24.0 Å². The molecule has 0 fully saturated rings. The number of hydrogen-bond donors (Lipinski definition) is 0. The van der Waals surface area contributed by atoms with E-state index in [0.29, 0.717) is 23.2 Å². The first-order valence-corrected chi connectivity index (χ1v) is 7.30. The van der Waals surface area contributed by atoms with Gasteiger partial charge in [-0.25, -0.2) is 9.37 Å². The van der Waals surface area contributed by atoms with Gasteiger partial charge in [-0.2, -0.15) is 0 Å². The number of imidazole rings is 1. The highest BCUT2D eigenvalue weighted by Crippen LogP contribution is 2.27. The molecule has 2 rings (SSSR count). The minimum atomic E-state index is -0.400. The maximum atomic E-state index is 13.7. The van der Waals surface area contributed by atoms with Crippen molar-refractivity contribution in [2.24, 2.45) is 11.8 Å².